The van der Waals surface area contributed by atoms with Crippen LogP contribution in [-0.4, -0.2) is 40.5 Å². The number of nitrogens with zero attached hydrogens (tertiary/aromatic N) is 3. The van der Waals surface area contributed by atoms with E-state index in [1.807, 2.05) is 41.1 Å². The van der Waals surface area contributed by atoms with Gasteiger partial charge >= 0.3 is 0 Å². The van der Waals surface area contributed by atoms with E-state index in [4.69, 9.17) is 0 Å². The molecule has 1 N–H and O–H groups in total. The van der Waals surface area contributed by atoms with Crippen molar-refractivity contribution >= 4 is 16.7 Å². The fraction of sp³-hybridized carbons (Fsp3) is 0.348. The van der Waals surface area contributed by atoms with Crippen LogP contribution < -0.4 is 10.9 Å². The van der Waals surface area contributed by atoms with Gasteiger partial charge in [-0.2, -0.15) is 0 Å². The number of rotatable bonds is 3. The monoisotopic (exact) mass is 388 g/mol. The Morgan fingerprint density at radius 1 is 1.24 bits per heavy atom. The zero-order valence-corrected chi connectivity index (χ0v) is 16.5. The van der Waals surface area contributed by atoms with Crippen molar-refractivity contribution in [3.63, 3.8) is 0 Å². The summed E-state index contributed by atoms with van der Waals surface area (Å²) < 4.78 is 1.84. The molecule has 1 aromatic carbocycles. The first-order valence-corrected chi connectivity index (χ1v) is 10.1. The lowest BCUT2D eigenvalue weighted by Gasteiger charge is -2.37. The highest BCUT2D eigenvalue weighted by Gasteiger charge is 2.32. The molecule has 0 spiro atoms. The number of fused-ring (bicyclic) bond motifs is 5. The Balaban J connectivity index is 1.45. The summed E-state index contributed by atoms with van der Waals surface area (Å²) in [5.74, 6) is 0.595. The van der Waals surface area contributed by atoms with Gasteiger partial charge in [0.1, 0.15) is 5.56 Å². The third-order valence-electron chi connectivity index (χ3n) is 6.26. The van der Waals surface area contributed by atoms with Gasteiger partial charge in [-0.3, -0.25) is 14.6 Å². The molecule has 0 aliphatic carbocycles. The summed E-state index contributed by atoms with van der Waals surface area (Å²) in [6.45, 7) is 2.98. The van der Waals surface area contributed by atoms with E-state index in [0.29, 0.717) is 24.9 Å². The molecule has 1 amide bonds. The van der Waals surface area contributed by atoms with Gasteiger partial charge in [0.2, 0.25) is 0 Å². The maximum atomic E-state index is 13.1. The molecule has 4 heterocycles. The van der Waals surface area contributed by atoms with E-state index in [1.54, 1.807) is 24.2 Å². The molecular weight excluding hydrogens is 364 g/mol. The van der Waals surface area contributed by atoms with Crippen molar-refractivity contribution in [2.75, 3.05) is 20.1 Å². The van der Waals surface area contributed by atoms with E-state index in [0.717, 1.165) is 41.5 Å². The van der Waals surface area contributed by atoms with E-state index in [2.05, 4.69) is 10.3 Å². The summed E-state index contributed by atoms with van der Waals surface area (Å²) in [4.78, 5) is 32.1. The van der Waals surface area contributed by atoms with Crippen molar-refractivity contribution in [1.29, 1.82) is 0 Å². The summed E-state index contributed by atoms with van der Waals surface area (Å²) in [6.07, 6.45) is 4.70. The van der Waals surface area contributed by atoms with E-state index >= 15 is 0 Å². The summed E-state index contributed by atoms with van der Waals surface area (Å²) in [6, 6.07) is 11.6. The normalized spacial score (nSPS) is 20.3. The fourth-order valence-corrected chi connectivity index (χ4v) is 4.81. The molecule has 29 heavy (non-hydrogen) atoms. The maximum Gasteiger partial charge on any atom is 0.263 e. The second-order valence-corrected chi connectivity index (χ2v) is 8.22. The van der Waals surface area contributed by atoms with Crippen molar-refractivity contribution in [3.05, 3.63) is 76.0 Å². The maximum absolute atomic E-state index is 13.1. The average Bonchev–Trinajstić information content (AvgIpc) is 2.74. The summed E-state index contributed by atoms with van der Waals surface area (Å²) in [7, 11) is 1.75. The molecular formula is C23H24N4O2. The molecule has 2 aliphatic heterocycles. The molecule has 0 radical (unpaired) electrons. The second kappa shape index (κ2) is 7.12. The predicted molar refractivity (Wildman–Crippen MR) is 112 cm³/mol. The van der Waals surface area contributed by atoms with Crippen LogP contribution in [0.25, 0.3) is 10.8 Å². The molecule has 1 saturated heterocycles. The highest BCUT2D eigenvalue weighted by molar-refractivity contribution is 5.94. The van der Waals surface area contributed by atoms with Crippen LogP contribution in [0.2, 0.25) is 0 Å². The molecule has 2 atom stereocenters. The molecule has 148 valence electrons. The number of hydrogen-bond acceptors (Lipinski definition) is 4. The first kappa shape index (κ1) is 18.1. The topological polar surface area (TPSA) is 67.2 Å². The summed E-state index contributed by atoms with van der Waals surface area (Å²) in [5.41, 5.74) is 2.20. The molecule has 3 aromatic rings. The van der Waals surface area contributed by atoms with Crippen molar-refractivity contribution in [2.24, 2.45) is 5.92 Å². The number of aromatic nitrogens is 2. The number of pyridine rings is 2. The van der Waals surface area contributed by atoms with Gasteiger partial charge in [-0.25, -0.2) is 0 Å². The Morgan fingerprint density at radius 3 is 3.03 bits per heavy atom. The molecule has 6 heteroatoms. The molecule has 2 aromatic heterocycles. The Hall–Kier alpha value is -2.99. The lowest BCUT2D eigenvalue weighted by Crippen LogP contribution is -2.46. The van der Waals surface area contributed by atoms with E-state index < -0.39 is 0 Å². The Bertz CT molecular complexity index is 1150. The number of carbonyl (C=O) groups is 1. The number of carbonyl (C=O) groups excluding carboxylic acids is 1. The Kier molecular flexibility index (Phi) is 4.43. The lowest BCUT2D eigenvalue weighted by atomic mass is 9.84. The van der Waals surface area contributed by atoms with Crippen molar-refractivity contribution in [3.8, 4) is 0 Å². The summed E-state index contributed by atoms with van der Waals surface area (Å²) >= 11 is 0. The quantitative estimate of drug-likeness (QED) is 0.748. The van der Waals surface area contributed by atoms with Gasteiger partial charge in [-0.05, 0) is 48.0 Å². The molecule has 0 unspecified atom stereocenters. The van der Waals surface area contributed by atoms with Crippen LogP contribution >= 0.6 is 0 Å². The van der Waals surface area contributed by atoms with Crippen LogP contribution in [0.1, 0.15) is 34.0 Å². The second-order valence-electron chi connectivity index (χ2n) is 8.22. The van der Waals surface area contributed by atoms with Gasteiger partial charge in [0.05, 0.1) is 0 Å². The highest BCUT2D eigenvalue weighted by atomic mass is 16.2. The van der Waals surface area contributed by atoms with Gasteiger partial charge in [-0.1, -0.05) is 18.2 Å². The van der Waals surface area contributed by atoms with Crippen LogP contribution in [0.3, 0.4) is 0 Å². The van der Waals surface area contributed by atoms with Crippen LogP contribution in [-0.2, 0) is 13.1 Å². The van der Waals surface area contributed by atoms with Gasteiger partial charge in [0, 0.05) is 56.1 Å². The number of amides is 1. The Labute approximate surface area is 169 Å². The lowest BCUT2D eigenvalue weighted by molar-refractivity contribution is 0.0782. The first-order chi connectivity index (χ1) is 14.1. The zero-order chi connectivity index (χ0) is 20.0. The molecule has 5 rings (SSSR count). The number of benzene rings is 1. The minimum atomic E-state index is -0.231. The third-order valence-corrected chi connectivity index (χ3v) is 6.26. The zero-order valence-electron chi connectivity index (χ0n) is 16.5. The minimum Gasteiger partial charge on any atom is -0.337 e. The number of piperidine rings is 1. The standard InChI is InChI=1S/C23H24N4O2/c1-26(14-17-4-2-3-16-11-24-8-7-19(16)17)22(28)20-5-6-21-18-9-15(10-25-12-18)13-27(21)23(20)29/h2-8,11,15,18,25H,9-10,12-14H2,1H3/t15-,18+/m0/s1. The molecule has 2 aliphatic rings. The van der Waals surface area contributed by atoms with Gasteiger partial charge < -0.3 is 14.8 Å². The minimum absolute atomic E-state index is 0.155. The molecule has 0 saturated carbocycles. The SMILES string of the molecule is CN(Cc1cccc2cnccc12)C(=O)c1ccc2n(c1=O)C[C@@H]1CNC[C@H]2C1. The predicted octanol–water partition coefficient (Wildman–Crippen LogP) is 2.38. The highest BCUT2D eigenvalue weighted by Crippen LogP contribution is 2.31. The van der Waals surface area contributed by atoms with Crippen LogP contribution in [0, 0.1) is 5.92 Å². The molecule has 6 nitrogen and oxygen atoms in total. The van der Waals surface area contributed by atoms with Crippen LogP contribution in [0.15, 0.2) is 53.6 Å². The van der Waals surface area contributed by atoms with Gasteiger partial charge in [-0.15, -0.1) is 0 Å². The van der Waals surface area contributed by atoms with Gasteiger partial charge in [0.15, 0.2) is 0 Å². The van der Waals surface area contributed by atoms with E-state index in [-0.39, 0.29) is 17.0 Å². The first-order valence-electron chi connectivity index (χ1n) is 10.1. The molecule has 1 fully saturated rings. The van der Waals surface area contributed by atoms with Crippen molar-refractivity contribution < 1.29 is 4.79 Å². The van der Waals surface area contributed by atoms with E-state index in [9.17, 15) is 9.59 Å². The number of nitrogens with one attached hydrogen (secondary N) is 1. The largest absolute Gasteiger partial charge is 0.337 e. The van der Waals surface area contributed by atoms with Crippen LogP contribution in [0.4, 0.5) is 0 Å². The van der Waals surface area contributed by atoms with E-state index in [1.165, 1.54) is 0 Å². The number of hydrogen-bond donors (Lipinski definition) is 1. The van der Waals surface area contributed by atoms with Crippen molar-refractivity contribution in [1.82, 2.24) is 19.8 Å². The Morgan fingerprint density at radius 2 is 2.14 bits per heavy atom. The van der Waals surface area contributed by atoms with Crippen molar-refractivity contribution in [2.45, 2.75) is 25.4 Å². The smallest absolute Gasteiger partial charge is 0.263 e. The average molecular weight is 388 g/mol. The van der Waals surface area contributed by atoms with Gasteiger partial charge in [0.25, 0.3) is 11.5 Å². The van der Waals surface area contributed by atoms with Crippen LogP contribution in [0.5, 0.6) is 0 Å². The third kappa shape index (κ3) is 3.13. The fourth-order valence-electron chi connectivity index (χ4n) is 4.81. The molecule has 2 bridgehead atoms. The summed E-state index contributed by atoms with van der Waals surface area (Å²) in [5, 5.41) is 5.56.